The molecule has 0 amide bonds. The van der Waals surface area contributed by atoms with E-state index in [9.17, 15) is 18.5 Å². The van der Waals surface area contributed by atoms with Gasteiger partial charge in [-0.3, -0.25) is 9.10 Å². The Morgan fingerprint density at radius 3 is 2.43 bits per heavy atom. The molecule has 0 spiro atoms. The maximum absolute atomic E-state index is 13.2. The molecular formula is C23H24N2O4S. The number of rotatable bonds is 4. The number of sulfonamides is 1. The monoisotopic (exact) mass is 424 g/mol. The molecule has 0 fully saturated rings. The standard InChI is InChI=1S/C23H24N2O4S/c1-16-8-10-19(11-9-16)30(27,28)25-14-18(13-24)20-7-5-6-17(21(20)15-25)12-22(26)29-23(2,3)4/h5-11,14H,12,15H2,1-4H3. The van der Waals surface area contributed by atoms with Gasteiger partial charge in [0.15, 0.2) is 0 Å². The zero-order valence-corrected chi connectivity index (χ0v) is 18.3. The number of aryl methyl sites for hydroxylation is 1. The van der Waals surface area contributed by atoms with E-state index in [2.05, 4.69) is 6.07 Å². The first-order chi connectivity index (χ1) is 14.0. The van der Waals surface area contributed by atoms with E-state index in [0.29, 0.717) is 16.7 Å². The van der Waals surface area contributed by atoms with Gasteiger partial charge in [0.1, 0.15) is 11.7 Å². The van der Waals surface area contributed by atoms with Gasteiger partial charge < -0.3 is 4.74 Å². The molecule has 2 aromatic carbocycles. The average Bonchev–Trinajstić information content (AvgIpc) is 2.66. The minimum atomic E-state index is -3.85. The molecule has 0 N–H and O–H groups in total. The number of fused-ring (bicyclic) bond motifs is 1. The lowest BCUT2D eigenvalue weighted by molar-refractivity contribution is -0.153. The molecule has 0 aliphatic carbocycles. The molecule has 6 nitrogen and oxygen atoms in total. The van der Waals surface area contributed by atoms with Gasteiger partial charge in [0.25, 0.3) is 10.0 Å². The van der Waals surface area contributed by atoms with Gasteiger partial charge >= 0.3 is 5.97 Å². The fourth-order valence-corrected chi connectivity index (χ4v) is 4.57. The van der Waals surface area contributed by atoms with Gasteiger partial charge in [-0.2, -0.15) is 5.26 Å². The molecule has 1 aliphatic heterocycles. The summed E-state index contributed by atoms with van der Waals surface area (Å²) in [5.74, 6) is -0.406. The maximum Gasteiger partial charge on any atom is 0.310 e. The van der Waals surface area contributed by atoms with E-state index in [4.69, 9.17) is 4.74 Å². The van der Waals surface area contributed by atoms with Crippen molar-refractivity contribution in [1.29, 1.82) is 5.26 Å². The third-order valence-electron chi connectivity index (χ3n) is 4.65. The molecule has 156 valence electrons. The third kappa shape index (κ3) is 4.55. The van der Waals surface area contributed by atoms with Crippen LogP contribution in [0.4, 0.5) is 0 Å². The van der Waals surface area contributed by atoms with Gasteiger partial charge in [-0.1, -0.05) is 35.9 Å². The molecule has 1 aliphatic rings. The molecule has 0 bridgehead atoms. The molecule has 1 heterocycles. The van der Waals surface area contributed by atoms with Crippen LogP contribution < -0.4 is 0 Å². The number of allylic oxidation sites excluding steroid dienone is 1. The number of benzene rings is 2. The van der Waals surface area contributed by atoms with Crippen molar-refractivity contribution in [2.24, 2.45) is 0 Å². The molecule has 0 radical (unpaired) electrons. The Kier molecular flexibility index (Phi) is 5.73. The molecule has 0 unspecified atom stereocenters. The number of esters is 1. The fourth-order valence-electron chi connectivity index (χ4n) is 3.28. The van der Waals surface area contributed by atoms with Crippen LogP contribution in [-0.4, -0.2) is 24.3 Å². The second-order valence-corrected chi connectivity index (χ2v) is 10.1. The minimum absolute atomic E-state index is 0.00241. The highest BCUT2D eigenvalue weighted by atomic mass is 32.2. The van der Waals surface area contributed by atoms with Crippen LogP contribution in [0.5, 0.6) is 0 Å². The van der Waals surface area contributed by atoms with Crippen LogP contribution in [0.15, 0.2) is 53.6 Å². The van der Waals surface area contributed by atoms with Crippen molar-refractivity contribution in [2.75, 3.05) is 0 Å². The molecule has 3 rings (SSSR count). The summed E-state index contributed by atoms with van der Waals surface area (Å²) in [5, 5.41) is 9.62. The smallest absolute Gasteiger partial charge is 0.310 e. The van der Waals surface area contributed by atoms with Crippen LogP contribution in [-0.2, 0) is 32.5 Å². The quantitative estimate of drug-likeness (QED) is 0.694. The number of hydrogen-bond donors (Lipinski definition) is 0. The molecule has 0 aromatic heterocycles. The summed E-state index contributed by atoms with van der Waals surface area (Å²) in [7, 11) is -3.85. The van der Waals surface area contributed by atoms with E-state index >= 15 is 0 Å². The highest BCUT2D eigenvalue weighted by molar-refractivity contribution is 7.89. The van der Waals surface area contributed by atoms with Crippen molar-refractivity contribution >= 4 is 21.6 Å². The lowest BCUT2D eigenvalue weighted by Gasteiger charge is -2.28. The van der Waals surface area contributed by atoms with Gasteiger partial charge in [-0.05, 0) is 56.5 Å². The van der Waals surface area contributed by atoms with E-state index in [1.165, 1.54) is 6.20 Å². The number of ether oxygens (including phenoxy) is 1. The van der Waals surface area contributed by atoms with Crippen molar-refractivity contribution in [3.8, 4) is 6.07 Å². The first kappa shape index (κ1) is 21.6. The largest absolute Gasteiger partial charge is 0.460 e. The molecule has 0 saturated heterocycles. The van der Waals surface area contributed by atoms with Gasteiger partial charge in [0.05, 0.1) is 23.4 Å². The zero-order chi connectivity index (χ0) is 22.1. The van der Waals surface area contributed by atoms with Crippen LogP contribution in [0.3, 0.4) is 0 Å². The minimum Gasteiger partial charge on any atom is -0.460 e. The first-order valence-corrected chi connectivity index (χ1v) is 11.0. The lowest BCUT2D eigenvalue weighted by Crippen LogP contribution is -2.30. The Labute approximate surface area is 177 Å². The average molecular weight is 425 g/mol. The SMILES string of the molecule is Cc1ccc(S(=O)(=O)N2C=C(C#N)c3cccc(CC(=O)OC(C)(C)C)c3C2)cc1. The van der Waals surface area contributed by atoms with Gasteiger partial charge in [0, 0.05) is 6.20 Å². The van der Waals surface area contributed by atoms with Gasteiger partial charge in [-0.25, -0.2) is 8.42 Å². The van der Waals surface area contributed by atoms with Crippen LogP contribution in [0, 0.1) is 18.3 Å². The Bertz CT molecular complexity index is 1150. The molecule has 7 heteroatoms. The Morgan fingerprint density at radius 1 is 1.17 bits per heavy atom. The Hall–Kier alpha value is -3.11. The summed E-state index contributed by atoms with van der Waals surface area (Å²) in [6, 6.07) is 13.9. The van der Waals surface area contributed by atoms with E-state index in [0.717, 1.165) is 9.87 Å². The van der Waals surface area contributed by atoms with Crippen molar-refractivity contribution < 1.29 is 17.9 Å². The van der Waals surface area contributed by atoms with Crippen molar-refractivity contribution in [2.45, 2.75) is 51.2 Å². The van der Waals surface area contributed by atoms with E-state index in [-0.39, 0.29) is 23.4 Å². The number of nitriles is 1. The number of hydrogen-bond acceptors (Lipinski definition) is 5. The molecule has 2 aromatic rings. The topological polar surface area (TPSA) is 87.5 Å². The molecular weight excluding hydrogens is 400 g/mol. The van der Waals surface area contributed by atoms with Crippen molar-refractivity contribution in [1.82, 2.24) is 4.31 Å². The number of carbonyl (C=O) groups excluding carboxylic acids is 1. The summed E-state index contributed by atoms with van der Waals surface area (Å²) >= 11 is 0. The van der Waals surface area contributed by atoms with Crippen LogP contribution in [0.2, 0.25) is 0 Å². The highest BCUT2D eigenvalue weighted by Crippen LogP contribution is 2.32. The van der Waals surface area contributed by atoms with Crippen LogP contribution >= 0.6 is 0 Å². The lowest BCUT2D eigenvalue weighted by atomic mass is 9.92. The number of nitrogens with zero attached hydrogens (tertiary/aromatic N) is 2. The van der Waals surface area contributed by atoms with Crippen LogP contribution in [0.25, 0.3) is 5.57 Å². The fraction of sp³-hybridized carbons (Fsp3) is 0.304. The second kappa shape index (κ2) is 7.96. The Morgan fingerprint density at radius 2 is 1.83 bits per heavy atom. The molecule has 0 saturated carbocycles. The summed E-state index contributed by atoms with van der Waals surface area (Å²) in [4.78, 5) is 12.5. The number of carbonyl (C=O) groups is 1. The zero-order valence-electron chi connectivity index (χ0n) is 17.5. The summed E-state index contributed by atoms with van der Waals surface area (Å²) < 4.78 is 32.9. The third-order valence-corrected chi connectivity index (χ3v) is 6.37. The van der Waals surface area contributed by atoms with Crippen LogP contribution in [0.1, 0.15) is 43.0 Å². The first-order valence-electron chi connectivity index (χ1n) is 9.55. The predicted molar refractivity (Wildman–Crippen MR) is 113 cm³/mol. The van der Waals surface area contributed by atoms with Gasteiger partial charge in [0.2, 0.25) is 0 Å². The van der Waals surface area contributed by atoms with Crippen molar-refractivity contribution in [3.05, 3.63) is 70.9 Å². The normalized spacial score (nSPS) is 13.8. The summed E-state index contributed by atoms with van der Waals surface area (Å²) in [6.07, 6.45) is 1.35. The highest BCUT2D eigenvalue weighted by Gasteiger charge is 2.29. The molecule has 0 atom stereocenters. The van der Waals surface area contributed by atoms with Crippen molar-refractivity contribution in [3.63, 3.8) is 0 Å². The molecule has 30 heavy (non-hydrogen) atoms. The Balaban J connectivity index is 2.00. The summed E-state index contributed by atoms with van der Waals surface area (Å²) in [6.45, 7) is 7.28. The van der Waals surface area contributed by atoms with Gasteiger partial charge in [-0.15, -0.1) is 0 Å². The van der Waals surface area contributed by atoms with E-state index in [1.54, 1.807) is 63.2 Å². The second-order valence-electron chi connectivity index (χ2n) is 8.22. The summed E-state index contributed by atoms with van der Waals surface area (Å²) in [5.41, 5.74) is 2.48. The van der Waals surface area contributed by atoms with E-state index < -0.39 is 21.6 Å². The van der Waals surface area contributed by atoms with E-state index in [1.807, 2.05) is 6.92 Å². The predicted octanol–water partition coefficient (Wildman–Crippen LogP) is 3.95. The maximum atomic E-state index is 13.2.